The van der Waals surface area contributed by atoms with Gasteiger partial charge in [-0.3, -0.25) is 9.48 Å². The number of nitrogens with zero attached hydrogens (tertiary/aromatic N) is 6. The van der Waals surface area contributed by atoms with E-state index in [4.69, 9.17) is 10.1 Å². The second kappa shape index (κ2) is 11.5. The van der Waals surface area contributed by atoms with E-state index in [0.29, 0.717) is 12.1 Å². The predicted octanol–water partition coefficient (Wildman–Crippen LogP) is 7.12. The van der Waals surface area contributed by atoms with Crippen LogP contribution in [0.5, 0.6) is 0 Å². The van der Waals surface area contributed by atoms with E-state index in [0.717, 1.165) is 58.1 Å². The fraction of sp³-hybridized carbons (Fsp3) is 0.353. The molecule has 228 valence electrons. The SMILES string of the molecule is Cc1nc(N2CC[C@@H](CC(=O)O)C2)ccc1-n1nc(-c2cccc3nn(CC(F)(F)c4ccccc4)cc23)c(C(C)C)c1C. The van der Waals surface area contributed by atoms with Gasteiger partial charge in [0, 0.05) is 53.5 Å². The van der Waals surface area contributed by atoms with Gasteiger partial charge >= 0.3 is 5.97 Å². The Morgan fingerprint density at radius 2 is 1.82 bits per heavy atom. The second-order valence-corrected chi connectivity index (χ2v) is 12.0. The Morgan fingerprint density at radius 3 is 2.52 bits per heavy atom. The van der Waals surface area contributed by atoms with Crippen molar-refractivity contribution in [3.63, 3.8) is 0 Å². The van der Waals surface area contributed by atoms with Crippen LogP contribution in [0.4, 0.5) is 14.6 Å². The molecule has 8 nitrogen and oxygen atoms in total. The average Bonchev–Trinajstić information content (AvgIpc) is 3.69. The summed E-state index contributed by atoms with van der Waals surface area (Å²) >= 11 is 0. The minimum Gasteiger partial charge on any atom is -0.481 e. The van der Waals surface area contributed by atoms with Crippen LogP contribution in [-0.2, 0) is 17.3 Å². The fourth-order valence-electron chi connectivity index (χ4n) is 6.39. The summed E-state index contributed by atoms with van der Waals surface area (Å²) < 4.78 is 33.5. The van der Waals surface area contributed by atoms with Crippen LogP contribution in [0.2, 0.25) is 0 Å². The van der Waals surface area contributed by atoms with Crippen molar-refractivity contribution in [2.24, 2.45) is 5.92 Å². The number of carboxylic acids is 1. The summed E-state index contributed by atoms with van der Waals surface area (Å²) in [6.45, 7) is 9.13. The Balaban J connectivity index is 1.35. The van der Waals surface area contributed by atoms with E-state index in [1.807, 2.05) is 48.9 Å². The lowest BCUT2D eigenvalue weighted by molar-refractivity contribution is -0.137. The number of rotatable bonds is 9. The number of halogens is 2. The molecule has 6 rings (SSSR count). The molecule has 0 spiro atoms. The molecule has 4 heterocycles. The Hall–Kier alpha value is -4.60. The molecule has 44 heavy (non-hydrogen) atoms. The van der Waals surface area contributed by atoms with Gasteiger partial charge in [-0.25, -0.2) is 9.67 Å². The fourth-order valence-corrected chi connectivity index (χ4v) is 6.39. The lowest BCUT2D eigenvalue weighted by Gasteiger charge is -2.19. The van der Waals surface area contributed by atoms with Crippen LogP contribution in [-0.4, -0.2) is 48.7 Å². The van der Waals surface area contributed by atoms with Crippen LogP contribution in [0.25, 0.3) is 27.8 Å². The molecule has 1 N–H and O–H groups in total. The highest BCUT2D eigenvalue weighted by molar-refractivity contribution is 5.94. The van der Waals surface area contributed by atoms with E-state index in [1.165, 1.54) is 16.8 Å². The van der Waals surface area contributed by atoms with Crippen LogP contribution in [0, 0.1) is 19.8 Å². The third-order valence-corrected chi connectivity index (χ3v) is 8.49. The molecule has 0 saturated carbocycles. The zero-order valence-corrected chi connectivity index (χ0v) is 25.3. The van der Waals surface area contributed by atoms with Gasteiger partial charge in [-0.15, -0.1) is 0 Å². The van der Waals surface area contributed by atoms with Gasteiger partial charge in [0.15, 0.2) is 0 Å². The molecule has 1 atom stereocenters. The molecule has 10 heteroatoms. The summed E-state index contributed by atoms with van der Waals surface area (Å²) in [4.78, 5) is 18.2. The van der Waals surface area contributed by atoms with E-state index < -0.39 is 18.4 Å². The van der Waals surface area contributed by atoms with E-state index in [1.54, 1.807) is 24.4 Å². The van der Waals surface area contributed by atoms with Gasteiger partial charge in [0.1, 0.15) is 12.4 Å². The molecule has 3 aromatic heterocycles. The van der Waals surface area contributed by atoms with Gasteiger partial charge in [0.25, 0.3) is 5.92 Å². The molecule has 0 bridgehead atoms. The maximum Gasteiger partial charge on any atom is 0.303 e. The molecule has 0 aliphatic carbocycles. The van der Waals surface area contributed by atoms with Crippen molar-refractivity contribution in [2.45, 2.75) is 58.9 Å². The van der Waals surface area contributed by atoms with Crippen molar-refractivity contribution >= 4 is 22.7 Å². The molecule has 1 saturated heterocycles. The van der Waals surface area contributed by atoms with Crippen molar-refractivity contribution in [3.8, 4) is 16.9 Å². The van der Waals surface area contributed by atoms with Gasteiger partial charge in [-0.05, 0) is 50.3 Å². The topological polar surface area (TPSA) is 89.1 Å². The van der Waals surface area contributed by atoms with Crippen LogP contribution in [0.15, 0.2) is 66.9 Å². The lowest BCUT2D eigenvalue weighted by atomic mass is 9.95. The molecule has 5 aromatic rings. The first kappa shape index (κ1) is 29.5. The Bertz CT molecular complexity index is 1830. The van der Waals surface area contributed by atoms with Crippen LogP contribution >= 0.6 is 0 Å². The Labute approximate surface area is 255 Å². The highest BCUT2D eigenvalue weighted by Crippen LogP contribution is 2.37. The quantitative estimate of drug-likeness (QED) is 0.194. The van der Waals surface area contributed by atoms with Gasteiger partial charge in [-0.1, -0.05) is 56.3 Å². The molecular formula is C34H36F2N6O2. The molecule has 0 radical (unpaired) electrons. The number of hydrogen-bond donors (Lipinski definition) is 1. The zero-order valence-electron chi connectivity index (χ0n) is 25.3. The number of carbonyl (C=O) groups is 1. The first-order valence-corrected chi connectivity index (χ1v) is 15.0. The minimum absolute atomic E-state index is 0.0453. The van der Waals surface area contributed by atoms with Crippen LogP contribution < -0.4 is 4.90 Å². The number of alkyl halides is 2. The first-order valence-electron chi connectivity index (χ1n) is 15.0. The van der Waals surface area contributed by atoms with E-state index in [9.17, 15) is 9.90 Å². The Kier molecular flexibility index (Phi) is 7.69. The van der Waals surface area contributed by atoms with Crippen molar-refractivity contribution < 1.29 is 18.7 Å². The molecule has 0 amide bonds. The summed E-state index contributed by atoms with van der Waals surface area (Å²) in [6, 6.07) is 17.5. The van der Waals surface area contributed by atoms with E-state index in [-0.39, 0.29) is 23.8 Å². The summed E-state index contributed by atoms with van der Waals surface area (Å²) in [5, 5.41) is 19.5. The molecule has 1 aliphatic rings. The maximum atomic E-state index is 15.1. The molecule has 2 aromatic carbocycles. The van der Waals surface area contributed by atoms with Crippen molar-refractivity contribution in [1.82, 2.24) is 24.5 Å². The standard InChI is InChI=1S/C34H36F2N6O2/c1-21(2)32-23(4)42(29-13-14-30(37-22(29)3)40-16-15-24(18-40)17-31(43)44)39-33(32)26-11-8-12-28-27(26)19-41(38-28)20-34(35,36)25-9-6-5-7-10-25/h5-14,19,21,24H,15-18,20H2,1-4H3,(H,43,44)/t24-/m0/s1. The third kappa shape index (κ3) is 5.56. The first-order chi connectivity index (χ1) is 21.0. The van der Waals surface area contributed by atoms with Crippen LogP contribution in [0.3, 0.4) is 0 Å². The lowest BCUT2D eigenvalue weighted by Crippen LogP contribution is -2.22. The second-order valence-electron chi connectivity index (χ2n) is 12.0. The highest BCUT2D eigenvalue weighted by Gasteiger charge is 2.33. The predicted molar refractivity (Wildman–Crippen MR) is 167 cm³/mol. The molecule has 1 fully saturated rings. The summed E-state index contributed by atoms with van der Waals surface area (Å²) in [7, 11) is 0. The van der Waals surface area contributed by atoms with Crippen molar-refractivity contribution in [3.05, 3.63) is 89.4 Å². The van der Waals surface area contributed by atoms with Crippen LogP contribution in [0.1, 0.15) is 55.1 Å². The maximum absolute atomic E-state index is 15.1. The number of anilines is 1. The number of aryl methyl sites for hydroxylation is 1. The normalized spacial score (nSPS) is 15.5. The largest absolute Gasteiger partial charge is 0.481 e. The van der Waals surface area contributed by atoms with Gasteiger partial charge in [0.2, 0.25) is 0 Å². The minimum atomic E-state index is -3.08. The average molecular weight is 599 g/mol. The van der Waals surface area contributed by atoms with E-state index in [2.05, 4.69) is 23.8 Å². The summed E-state index contributed by atoms with van der Waals surface area (Å²) in [6.07, 6.45) is 2.69. The van der Waals surface area contributed by atoms with E-state index >= 15 is 8.78 Å². The number of carboxylic acid groups (broad SMARTS) is 1. The summed E-state index contributed by atoms with van der Waals surface area (Å²) in [5.41, 5.74) is 5.92. The zero-order chi connectivity index (χ0) is 31.2. The number of hydrogen-bond acceptors (Lipinski definition) is 5. The molecule has 1 aliphatic heterocycles. The van der Waals surface area contributed by atoms with Gasteiger partial charge in [0.05, 0.1) is 22.6 Å². The van der Waals surface area contributed by atoms with Crippen molar-refractivity contribution in [2.75, 3.05) is 18.0 Å². The molecular weight excluding hydrogens is 562 g/mol. The summed E-state index contributed by atoms with van der Waals surface area (Å²) in [5.74, 6) is -2.74. The van der Waals surface area contributed by atoms with Gasteiger partial charge in [-0.2, -0.15) is 19.0 Å². The molecule has 0 unspecified atom stereocenters. The smallest absolute Gasteiger partial charge is 0.303 e. The monoisotopic (exact) mass is 598 g/mol. The van der Waals surface area contributed by atoms with Crippen molar-refractivity contribution in [1.29, 1.82) is 0 Å². The van der Waals surface area contributed by atoms with Gasteiger partial charge < -0.3 is 10.0 Å². The Morgan fingerprint density at radius 1 is 1.05 bits per heavy atom. The number of aromatic nitrogens is 5. The highest BCUT2D eigenvalue weighted by atomic mass is 19.3. The third-order valence-electron chi connectivity index (χ3n) is 8.49. The number of benzene rings is 2. The number of pyridine rings is 1. The number of aliphatic carboxylic acids is 1. The number of fused-ring (bicyclic) bond motifs is 1.